The van der Waals surface area contributed by atoms with Crippen LogP contribution in [-0.4, -0.2) is 67.6 Å². The van der Waals surface area contributed by atoms with Gasteiger partial charge in [-0.2, -0.15) is 0 Å². The van der Waals surface area contributed by atoms with Crippen molar-refractivity contribution in [2.45, 2.75) is 32.4 Å². The highest BCUT2D eigenvalue weighted by Gasteiger charge is 2.33. The summed E-state index contributed by atoms with van der Waals surface area (Å²) in [6.07, 6.45) is 1.73. The Morgan fingerprint density at radius 2 is 1.77 bits per heavy atom. The van der Waals surface area contributed by atoms with Gasteiger partial charge in [0.15, 0.2) is 0 Å². The van der Waals surface area contributed by atoms with Gasteiger partial charge in [-0.05, 0) is 49.9 Å². The Morgan fingerprint density at radius 3 is 2.43 bits per heavy atom. The number of carbonyl (C=O) groups is 1. The van der Waals surface area contributed by atoms with Gasteiger partial charge in [0.1, 0.15) is 11.6 Å². The van der Waals surface area contributed by atoms with E-state index in [0.29, 0.717) is 50.6 Å². The molecule has 9 heteroatoms. The third-order valence-electron chi connectivity index (χ3n) is 6.97. The third kappa shape index (κ3) is 6.58. The van der Waals surface area contributed by atoms with E-state index in [0.717, 1.165) is 36.6 Å². The Hall–Kier alpha value is -2.06. The number of piperidine rings is 1. The SMILES string of the molecule is CCOc1cccc(F)c1CN1CCN(C(=O)[C@H](N)C2CCN(c3ccccc3Cl)CC2)CC1.Cl. The molecule has 2 aliphatic heterocycles. The molecule has 192 valence electrons. The van der Waals surface area contributed by atoms with Crippen molar-refractivity contribution in [1.29, 1.82) is 0 Å². The number of ether oxygens (including phenoxy) is 1. The number of benzene rings is 2. The fraction of sp³-hybridized carbons (Fsp3) is 0.500. The maximum Gasteiger partial charge on any atom is 0.239 e. The molecule has 0 saturated carbocycles. The second-order valence-corrected chi connectivity index (χ2v) is 9.46. The Kier molecular flexibility index (Phi) is 10.0. The number of hydrogen-bond acceptors (Lipinski definition) is 5. The summed E-state index contributed by atoms with van der Waals surface area (Å²) in [5.41, 5.74) is 8.07. The van der Waals surface area contributed by atoms with E-state index in [-0.39, 0.29) is 30.0 Å². The Bertz CT molecular complexity index is 980. The first-order valence-electron chi connectivity index (χ1n) is 12.1. The van der Waals surface area contributed by atoms with E-state index < -0.39 is 6.04 Å². The smallest absolute Gasteiger partial charge is 0.239 e. The van der Waals surface area contributed by atoms with Crippen LogP contribution in [0, 0.1) is 11.7 Å². The topological polar surface area (TPSA) is 62.0 Å². The Labute approximate surface area is 218 Å². The van der Waals surface area contributed by atoms with Crippen LogP contribution in [0.5, 0.6) is 5.75 Å². The lowest BCUT2D eigenvalue weighted by Crippen LogP contribution is -2.55. The van der Waals surface area contributed by atoms with Crippen molar-refractivity contribution < 1.29 is 13.9 Å². The monoisotopic (exact) mass is 524 g/mol. The number of hydrogen-bond donors (Lipinski definition) is 1. The molecule has 2 aliphatic rings. The van der Waals surface area contributed by atoms with Crippen molar-refractivity contribution in [3.63, 3.8) is 0 Å². The summed E-state index contributed by atoms with van der Waals surface area (Å²) in [4.78, 5) is 19.4. The van der Waals surface area contributed by atoms with Crippen LogP contribution in [0.4, 0.5) is 10.1 Å². The number of amides is 1. The van der Waals surface area contributed by atoms with Gasteiger partial charge in [0.05, 0.1) is 23.4 Å². The molecule has 0 aliphatic carbocycles. The van der Waals surface area contributed by atoms with Crippen molar-refractivity contribution >= 4 is 35.6 Å². The minimum Gasteiger partial charge on any atom is -0.493 e. The summed E-state index contributed by atoms with van der Waals surface area (Å²) in [6.45, 7) is 7.11. The van der Waals surface area contributed by atoms with Gasteiger partial charge in [0.2, 0.25) is 5.91 Å². The van der Waals surface area contributed by atoms with Gasteiger partial charge in [0.25, 0.3) is 0 Å². The molecule has 0 aromatic heterocycles. The van der Waals surface area contributed by atoms with Crippen molar-refractivity contribution in [3.05, 3.63) is 58.9 Å². The highest BCUT2D eigenvalue weighted by molar-refractivity contribution is 6.33. The average Bonchev–Trinajstić information content (AvgIpc) is 2.86. The Morgan fingerprint density at radius 1 is 1.09 bits per heavy atom. The van der Waals surface area contributed by atoms with Gasteiger partial charge >= 0.3 is 0 Å². The van der Waals surface area contributed by atoms with E-state index in [2.05, 4.69) is 9.80 Å². The fourth-order valence-electron chi connectivity index (χ4n) is 4.95. The summed E-state index contributed by atoms with van der Waals surface area (Å²) in [7, 11) is 0. The molecule has 2 aromatic carbocycles. The molecule has 0 spiro atoms. The molecule has 0 unspecified atom stereocenters. The first-order valence-corrected chi connectivity index (χ1v) is 12.5. The number of nitrogens with zero attached hydrogens (tertiary/aromatic N) is 3. The molecule has 2 heterocycles. The second-order valence-electron chi connectivity index (χ2n) is 9.05. The van der Waals surface area contributed by atoms with Crippen molar-refractivity contribution in [2.75, 3.05) is 50.8 Å². The molecule has 0 bridgehead atoms. The molecule has 1 amide bonds. The van der Waals surface area contributed by atoms with Gasteiger partial charge in [-0.1, -0.05) is 29.8 Å². The Balaban J connectivity index is 0.00000342. The van der Waals surface area contributed by atoms with Crippen LogP contribution < -0.4 is 15.4 Å². The van der Waals surface area contributed by atoms with E-state index >= 15 is 0 Å². The maximum atomic E-state index is 14.4. The van der Waals surface area contributed by atoms with E-state index in [1.807, 2.05) is 36.1 Å². The van der Waals surface area contributed by atoms with Crippen LogP contribution in [0.15, 0.2) is 42.5 Å². The van der Waals surface area contributed by atoms with Crippen molar-refractivity contribution in [1.82, 2.24) is 9.80 Å². The molecular weight excluding hydrogens is 490 g/mol. The molecule has 6 nitrogen and oxygen atoms in total. The first kappa shape index (κ1) is 27.5. The lowest BCUT2D eigenvalue weighted by Gasteiger charge is -2.39. The molecule has 2 fully saturated rings. The number of carbonyl (C=O) groups excluding carboxylic acids is 1. The van der Waals surface area contributed by atoms with E-state index in [1.54, 1.807) is 12.1 Å². The molecule has 0 radical (unpaired) electrons. The number of piperazine rings is 1. The summed E-state index contributed by atoms with van der Waals surface area (Å²) in [5.74, 6) is 0.522. The van der Waals surface area contributed by atoms with Crippen LogP contribution in [0.25, 0.3) is 0 Å². The fourth-order valence-corrected chi connectivity index (χ4v) is 5.21. The molecular formula is C26H35Cl2FN4O2. The lowest BCUT2D eigenvalue weighted by atomic mass is 9.88. The standard InChI is InChI=1S/C26H34ClFN4O2.ClH/c1-2-34-24-9-5-7-22(28)20(24)18-30-14-16-32(17-15-30)26(33)25(29)19-10-12-31(13-11-19)23-8-4-3-6-21(23)27;/h3-9,19,25H,2,10-18,29H2,1H3;1H/t25-;/m1./s1. The lowest BCUT2D eigenvalue weighted by molar-refractivity contribution is -0.135. The highest BCUT2D eigenvalue weighted by Crippen LogP contribution is 2.30. The second kappa shape index (κ2) is 12.8. The van der Waals surface area contributed by atoms with Gasteiger partial charge < -0.3 is 20.3 Å². The number of nitrogens with two attached hydrogens (primary N) is 1. The molecule has 4 rings (SSSR count). The van der Waals surface area contributed by atoms with Crippen LogP contribution in [0.1, 0.15) is 25.3 Å². The number of para-hydroxylation sites is 1. The van der Waals surface area contributed by atoms with Crippen LogP contribution in [0.2, 0.25) is 5.02 Å². The van der Waals surface area contributed by atoms with E-state index in [9.17, 15) is 9.18 Å². The van der Waals surface area contributed by atoms with Crippen LogP contribution in [-0.2, 0) is 11.3 Å². The van der Waals surface area contributed by atoms with Crippen molar-refractivity contribution in [3.8, 4) is 5.75 Å². The first-order chi connectivity index (χ1) is 16.5. The van der Waals surface area contributed by atoms with Gasteiger partial charge in [0, 0.05) is 51.4 Å². The van der Waals surface area contributed by atoms with E-state index in [4.69, 9.17) is 22.1 Å². The summed E-state index contributed by atoms with van der Waals surface area (Å²) in [6, 6.07) is 12.3. The molecule has 35 heavy (non-hydrogen) atoms. The van der Waals surface area contributed by atoms with Crippen LogP contribution >= 0.6 is 24.0 Å². The van der Waals surface area contributed by atoms with Gasteiger partial charge in [-0.25, -0.2) is 4.39 Å². The zero-order chi connectivity index (χ0) is 24.1. The third-order valence-corrected chi connectivity index (χ3v) is 7.29. The molecule has 2 aromatic rings. The van der Waals surface area contributed by atoms with Crippen molar-refractivity contribution in [2.24, 2.45) is 11.7 Å². The molecule has 2 saturated heterocycles. The summed E-state index contributed by atoms with van der Waals surface area (Å²) in [5, 5.41) is 0.753. The maximum absolute atomic E-state index is 14.4. The predicted octanol–water partition coefficient (Wildman–Crippen LogP) is 4.19. The van der Waals surface area contributed by atoms with Gasteiger partial charge in [-0.3, -0.25) is 9.69 Å². The normalized spacial score (nSPS) is 18.2. The zero-order valence-electron chi connectivity index (χ0n) is 20.2. The van der Waals surface area contributed by atoms with Gasteiger partial charge in [-0.15, -0.1) is 12.4 Å². The van der Waals surface area contributed by atoms with E-state index in [1.165, 1.54) is 6.07 Å². The summed E-state index contributed by atoms with van der Waals surface area (Å²) >= 11 is 6.35. The highest BCUT2D eigenvalue weighted by atomic mass is 35.5. The minimum atomic E-state index is -0.490. The average molecular weight is 525 g/mol. The minimum absolute atomic E-state index is 0. The number of halogens is 3. The quantitative estimate of drug-likeness (QED) is 0.588. The molecule has 2 N–H and O–H groups in total. The summed E-state index contributed by atoms with van der Waals surface area (Å²) < 4.78 is 20.0. The predicted molar refractivity (Wildman–Crippen MR) is 141 cm³/mol. The molecule has 1 atom stereocenters. The number of anilines is 1. The zero-order valence-corrected chi connectivity index (χ0v) is 21.7. The number of rotatable bonds is 7. The largest absolute Gasteiger partial charge is 0.493 e. The van der Waals surface area contributed by atoms with Crippen LogP contribution in [0.3, 0.4) is 0 Å².